The minimum Gasteiger partial charge on any atom is -0.383 e. The zero-order valence-electron chi connectivity index (χ0n) is 11.9. The third kappa shape index (κ3) is 4.32. The van der Waals surface area contributed by atoms with E-state index in [0.717, 1.165) is 5.39 Å². The van der Waals surface area contributed by atoms with Crippen molar-refractivity contribution in [3.05, 3.63) is 40.7 Å². The van der Waals surface area contributed by atoms with Gasteiger partial charge in [-0.1, -0.05) is 18.2 Å². The van der Waals surface area contributed by atoms with Gasteiger partial charge >= 0.3 is 0 Å². The molecule has 0 aliphatic rings. The zero-order chi connectivity index (χ0) is 15.1. The highest BCUT2D eigenvalue weighted by Gasteiger charge is 2.03. The number of carbonyl (C=O) groups is 1. The Bertz CT molecular complexity index is 667. The summed E-state index contributed by atoms with van der Waals surface area (Å²) < 4.78 is 4.85. The van der Waals surface area contributed by atoms with Crippen LogP contribution in [-0.2, 0) is 9.53 Å². The van der Waals surface area contributed by atoms with Crippen molar-refractivity contribution >= 4 is 22.5 Å². The van der Waals surface area contributed by atoms with Gasteiger partial charge < -0.3 is 20.4 Å². The second-order valence-electron chi connectivity index (χ2n) is 4.62. The van der Waals surface area contributed by atoms with Crippen LogP contribution in [0.2, 0.25) is 0 Å². The highest BCUT2D eigenvalue weighted by atomic mass is 16.5. The predicted octanol–water partition coefficient (Wildman–Crippen LogP) is 1.09. The van der Waals surface area contributed by atoms with Crippen LogP contribution in [0.3, 0.4) is 0 Å². The molecule has 0 aliphatic carbocycles. The van der Waals surface area contributed by atoms with E-state index in [9.17, 15) is 9.59 Å². The van der Waals surface area contributed by atoms with Crippen molar-refractivity contribution < 1.29 is 9.53 Å². The molecule has 0 aliphatic heterocycles. The summed E-state index contributed by atoms with van der Waals surface area (Å²) in [5, 5.41) is 7.31. The Kier molecular flexibility index (Phi) is 5.34. The quantitative estimate of drug-likeness (QED) is 0.666. The second-order valence-corrected chi connectivity index (χ2v) is 4.62. The molecule has 21 heavy (non-hydrogen) atoms. The number of methoxy groups -OCH3 is 1. The van der Waals surface area contributed by atoms with Gasteiger partial charge in [0, 0.05) is 32.0 Å². The van der Waals surface area contributed by atoms with E-state index < -0.39 is 0 Å². The van der Waals surface area contributed by atoms with Gasteiger partial charge in [0.05, 0.1) is 6.61 Å². The molecule has 2 aromatic rings. The lowest BCUT2D eigenvalue weighted by atomic mass is 10.2. The van der Waals surface area contributed by atoms with E-state index in [4.69, 9.17) is 4.74 Å². The number of fused-ring (bicyclic) bond motifs is 1. The maximum absolute atomic E-state index is 11.9. The van der Waals surface area contributed by atoms with Gasteiger partial charge in [-0.05, 0) is 17.5 Å². The largest absolute Gasteiger partial charge is 0.383 e. The lowest BCUT2D eigenvalue weighted by Gasteiger charge is -2.08. The highest BCUT2D eigenvalue weighted by Crippen LogP contribution is 2.12. The number of ether oxygens (including phenoxy) is 1. The molecule has 3 N–H and O–H groups in total. The minimum absolute atomic E-state index is 0.0531. The number of benzene rings is 1. The van der Waals surface area contributed by atoms with E-state index in [0.29, 0.717) is 37.3 Å². The Morgan fingerprint density at radius 3 is 2.90 bits per heavy atom. The molecule has 0 atom stereocenters. The molecule has 0 bridgehead atoms. The molecule has 6 nitrogen and oxygen atoms in total. The van der Waals surface area contributed by atoms with Crippen LogP contribution in [0.15, 0.2) is 35.1 Å². The number of rotatable bonds is 7. The fourth-order valence-electron chi connectivity index (χ4n) is 2.00. The maximum Gasteiger partial charge on any atom is 0.257 e. The Hall–Kier alpha value is -2.34. The number of H-pyrrole nitrogens is 1. The van der Waals surface area contributed by atoms with Crippen LogP contribution < -0.4 is 16.2 Å². The molecule has 0 saturated carbocycles. The van der Waals surface area contributed by atoms with E-state index in [-0.39, 0.29) is 11.5 Å². The number of aromatic nitrogens is 1. The van der Waals surface area contributed by atoms with Gasteiger partial charge in [-0.25, -0.2) is 0 Å². The molecule has 0 spiro atoms. The summed E-state index contributed by atoms with van der Waals surface area (Å²) in [6.45, 7) is 1.45. The first-order valence-corrected chi connectivity index (χ1v) is 6.82. The first-order valence-electron chi connectivity index (χ1n) is 6.82. The predicted molar refractivity (Wildman–Crippen MR) is 82.6 cm³/mol. The van der Waals surface area contributed by atoms with Gasteiger partial charge in [0.15, 0.2) is 0 Å². The van der Waals surface area contributed by atoms with Crippen LogP contribution in [-0.4, -0.2) is 37.7 Å². The molecule has 0 saturated heterocycles. The fraction of sp³-hybridized carbons (Fsp3) is 0.333. The monoisotopic (exact) mass is 289 g/mol. The van der Waals surface area contributed by atoms with Crippen molar-refractivity contribution in [3.63, 3.8) is 0 Å². The Morgan fingerprint density at radius 2 is 2.10 bits per heavy atom. The molecule has 6 heteroatoms. The van der Waals surface area contributed by atoms with Gasteiger partial charge in [0.2, 0.25) is 5.91 Å². The molecular formula is C15H19N3O3. The van der Waals surface area contributed by atoms with E-state index in [1.165, 1.54) is 0 Å². The van der Waals surface area contributed by atoms with Crippen molar-refractivity contribution in [3.8, 4) is 0 Å². The minimum atomic E-state index is -0.139. The summed E-state index contributed by atoms with van der Waals surface area (Å²) >= 11 is 0. The SMILES string of the molecule is COCCNC(=O)CCNc1cc2ccccc2c(=O)[nH]1. The lowest BCUT2D eigenvalue weighted by Crippen LogP contribution is -2.28. The molecular weight excluding hydrogens is 270 g/mol. The Labute approximate surface area is 122 Å². The highest BCUT2D eigenvalue weighted by molar-refractivity contribution is 5.83. The first-order chi connectivity index (χ1) is 10.2. The smallest absolute Gasteiger partial charge is 0.257 e. The van der Waals surface area contributed by atoms with Gasteiger partial charge in [0.25, 0.3) is 5.56 Å². The average Bonchev–Trinajstić information content (AvgIpc) is 2.48. The number of hydrogen-bond acceptors (Lipinski definition) is 4. The van der Waals surface area contributed by atoms with Crippen molar-refractivity contribution in [1.29, 1.82) is 0 Å². The average molecular weight is 289 g/mol. The van der Waals surface area contributed by atoms with E-state index in [1.54, 1.807) is 13.2 Å². The maximum atomic E-state index is 11.9. The summed E-state index contributed by atoms with van der Waals surface area (Å²) in [5.41, 5.74) is -0.139. The van der Waals surface area contributed by atoms with Crippen LogP contribution in [0.25, 0.3) is 10.8 Å². The molecule has 112 valence electrons. The number of nitrogens with one attached hydrogen (secondary N) is 3. The number of anilines is 1. The van der Waals surface area contributed by atoms with E-state index >= 15 is 0 Å². The fourth-order valence-corrected chi connectivity index (χ4v) is 2.00. The zero-order valence-corrected chi connectivity index (χ0v) is 11.9. The Balaban J connectivity index is 1.89. The number of pyridine rings is 1. The number of aromatic amines is 1. The van der Waals surface area contributed by atoms with E-state index in [2.05, 4.69) is 15.6 Å². The molecule has 1 amide bonds. The third-order valence-electron chi connectivity index (χ3n) is 3.05. The number of hydrogen-bond donors (Lipinski definition) is 3. The molecule has 1 heterocycles. The van der Waals surface area contributed by atoms with Crippen molar-refractivity contribution in [2.24, 2.45) is 0 Å². The normalized spacial score (nSPS) is 10.5. The van der Waals surface area contributed by atoms with Gasteiger partial charge in [0.1, 0.15) is 5.82 Å². The van der Waals surface area contributed by atoms with Crippen LogP contribution >= 0.6 is 0 Å². The summed E-state index contributed by atoms with van der Waals surface area (Å²) in [6.07, 6.45) is 0.332. The van der Waals surface area contributed by atoms with Gasteiger partial charge in [-0.3, -0.25) is 9.59 Å². The Morgan fingerprint density at radius 1 is 1.29 bits per heavy atom. The lowest BCUT2D eigenvalue weighted by molar-refractivity contribution is -0.121. The molecule has 2 rings (SSSR count). The van der Waals surface area contributed by atoms with Crippen LogP contribution in [0, 0.1) is 0 Å². The van der Waals surface area contributed by atoms with E-state index in [1.807, 2.05) is 24.3 Å². The summed E-state index contributed by atoms with van der Waals surface area (Å²) in [5.74, 6) is 0.561. The van der Waals surface area contributed by atoms with Crippen molar-refractivity contribution in [1.82, 2.24) is 10.3 Å². The summed E-state index contributed by atoms with van der Waals surface area (Å²) in [4.78, 5) is 26.1. The second kappa shape index (κ2) is 7.44. The molecule has 1 aromatic carbocycles. The van der Waals surface area contributed by atoms with Crippen molar-refractivity contribution in [2.45, 2.75) is 6.42 Å². The van der Waals surface area contributed by atoms with Crippen LogP contribution in [0.5, 0.6) is 0 Å². The summed E-state index contributed by atoms with van der Waals surface area (Å²) in [6, 6.07) is 9.23. The first kappa shape index (κ1) is 15.1. The molecule has 0 fully saturated rings. The number of amides is 1. The van der Waals surface area contributed by atoms with Crippen molar-refractivity contribution in [2.75, 3.05) is 32.1 Å². The topological polar surface area (TPSA) is 83.2 Å². The molecule has 1 aromatic heterocycles. The molecule has 0 unspecified atom stereocenters. The van der Waals surface area contributed by atoms with Crippen LogP contribution in [0.4, 0.5) is 5.82 Å². The number of carbonyl (C=O) groups excluding carboxylic acids is 1. The van der Waals surface area contributed by atoms with Crippen LogP contribution in [0.1, 0.15) is 6.42 Å². The molecule has 0 radical (unpaired) electrons. The third-order valence-corrected chi connectivity index (χ3v) is 3.05. The van der Waals surface area contributed by atoms with Gasteiger partial charge in [-0.15, -0.1) is 0 Å². The standard InChI is InChI=1S/C15H19N3O3/c1-21-9-8-17-14(19)6-7-16-13-10-11-4-2-3-5-12(11)15(20)18-13/h2-5,10H,6-9H2,1H3,(H,17,19)(H2,16,18,20). The summed E-state index contributed by atoms with van der Waals surface area (Å²) in [7, 11) is 1.59. The van der Waals surface area contributed by atoms with Gasteiger partial charge in [-0.2, -0.15) is 0 Å².